The van der Waals surface area contributed by atoms with Crippen molar-refractivity contribution in [2.45, 2.75) is 43.4 Å². The Hall–Kier alpha value is -2.19. The summed E-state index contributed by atoms with van der Waals surface area (Å²) in [6.45, 7) is 5.03. The molecule has 0 radical (unpaired) electrons. The molecule has 2 aliphatic carbocycles. The van der Waals surface area contributed by atoms with Crippen molar-refractivity contribution in [3.63, 3.8) is 0 Å². The number of alkyl halides is 3. The average Bonchev–Trinajstić information content (AvgIpc) is 3.47. The van der Waals surface area contributed by atoms with Gasteiger partial charge in [-0.1, -0.05) is 6.07 Å². The van der Waals surface area contributed by atoms with Gasteiger partial charge in [-0.2, -0.15) is 13.2 Å². The van der Waals surface area contributed by atoms with Crippen LogP contribution in [0, 0.1) is 11.3 Å². The van der Waals surface area contributed by atoms with E-state index in [1.807, 2.05) is 18.5 Å². The Bertz CT molecular complexity index is 959. The van der Waals surface area contributed by atoms with Crippen LogP contribution >= 0.6 is 0 Å². The largest absolute Gasteiger partial charge is 0.433 e. The molecule has 5 nitrogen and oxygen atoms in total. The zero-order chi connectivity index (χ0) is 22.0. The Morgan fingerprint density at radius 3 is 2.50 bits per heavy atom. The Morgan fingerprint density at radius 1 is 1.06 bits per heavy atom. The summed E-state index contributed by atoms with van der Waals surface area (Å²) in [5.41, 5.74) is 1.90. The van der Waals surface area contributed by atoms with Crippen molar-refractivity contribution in [2.24, 2.45) is 11.3 Å². The first kappa shape index (κ1) is 20.4. The highest BCUT2D eigenvalue weighted by Gasteiger charge is 2.56. The zero-order valence-electron chi connectivity index (χ0n) is 18.0. The van der Waals surface area contributed by atoms with Crippen LogP contribution in [0.1, 0.15) is 43.0 Å². The number of nitrogens with one attached hydrogen (secondary N) is 1. The summed E-state index contributed by atoms with van der Waals surface area (Å²) < 4.78 is 38.3. The van der Waals surface area contributed by atoms with E-state index in [1.165, 1.54) is 24.6 Å². The van der Waals surface area contributed by atoms with Gasteiger partial charge in [0.15, 0.2) is 0 Å². The summed E-state index contributed by atoms with van der Waals surface area (Å²) in [6, 6.07) is 7.28. The number of rotatable bonds is 4. The Morgan fingerprint density at radius 2 is 1.88 bits per heavy atom. The zero-order valence-corrected chi connectivity index (χ0v) is 18.0. The van der Waals surface area contributed by atoms with Crippen molar-refractivity contribution in [2.75, 3.05) is 37.6 Å². The number of anilines is 1. The van der Waals surface area contributed by atoms with Gasteiger partial charge in [0.05, 0.1) is 11.9 Å². The first-order chi connectivity index (χ1) is 15.3. The monoisotopic (exact) mass is 443 g/mol. The third-order valence-corrected chi connectivity index (χ3v) is 7.97. The van der Waals surface area contributed by atoms with Gasteiger partial charge < -0.3 is 10.2 Å². The van der Waals surface area contributed by atoms with Crippen LogP contribution < -0.4 is 10.2 Å². The molecule has 1 N–H and O–H groups in total. The summed E-state index contributed by atoms with van der Waals surface area (Å²) in [6.07, 6.45) is 5.70. The van der Waals surface area contributed by atoms with Crippen LogP contribution in [0.15, 0.2) is 42.9 Å². The Labute approximate surface area is 186 Å². The molecule has 0 amide bonds. The fourth-order valence-electron chi connectivity index (χ4n) is 6.26. The van der Waals surface area contributed by atoms with Gasteiger partial charge in [-0.25, -0.2) is 4.98 Å². The molecule has 0 bridgehead atoms. The molecule has 2 saturated carbocycles. The van der Waals surface area contributed by atoms with Gasteiger partial charge in [-0.3, -0.25) is 9.88 Å². The third kappa shape index (κ3) is 3.57. The predicted octanol–water partition coefficient (Wildman–Crippen LogP) is 3.89. The topological polar surface area (TPSA) is 44.3 Å². The van der Waals surface area contributed by atoms with E-state index in [0.29, 0.717) is 22.9 Å². The maximum Gasteiger partial charge on any atom is 0.433 e. The fourth-order valence-corrected chi connectivity index (χ4v) is 6.26. The van der Waals surface area contributed by atoms with Gasteiger partial charge in [0, 0.05) is 62.1 Å². The molecule has 1 atom stereocenters. The molecule has 8 heteroatoms. The van der Waals surface area contributed by atoms with E-state index in [1.54, 1.807) is 6.07 Å². The minimum Gasteiger partial charge on any atom is -0.369 e. The number of nitrogens with zero attached hydrogens (tertiary/aromatic N) is 4. The minimum absolute atomic E-state index is 0.291. The molecule has 4 heterocycles. The summed E-state index contributed by atoms with van der Waals surface area (Å²) in [7, 11) is 0. The van der Waals surface area contributed by atoms with Gasteiger partial charge >= 0.3 is 6.18 Å². The molecule has 32 heavy (non-hydrogen) atoms. The van der Waals surface area contributed by atoms with Gasteiger partial charge in [0.2, 0.25) is 0 Å². The number of aromatic nitrogens is 2. The van der Waals surface area contributed by atoms with Crippen LogP contribution in [0.4, 0.5) is 18.9 Å². The number of pyridine rings is 2. The SMILES string of the molecule is FC(F)(F)c1ccc(N2CC3(CC(C(c4cccnc4)N4CCNC5(CC5)C4)C3)C2)cn1. The number of hydrogen-bond acceptors (Lipinski definition) is 5. The third-order valence-electron chi connectivity index (χ3n) is 7.97. The second-order valence-electron chi connectivity index (χ2n) is 10.3. The molecule has 6 rings (SSSR count). The first-order valence-electron chi connectivity index (χ1n) is 11.5. The van der Waals surface area contributed by atoms with Crippen LogP contribution in [0.2, 0.25) is 0 Å². The second-order valence-corrected chi connectivity index (χ2v) is 10.3. The van der Waals surface area contributed by atoms with E-state index in [2.05, 4.69) is 31.2 Å². The quantitative estimate of drug-likeness (QED) is 0.777. The van der Waals surface area contributed by atoms with Crippen LogP contribution in [-0.2, 0) is 6.18 Å². The van der Waals surface area contributed by atoms with Crippen molar-refractivity contribution in [3.8, 4) is 0 Å². The second kappa shape index (κ2) is 7.15. The minimum atomic E-state index is -4.39. The van der Waals surface area contributed by atoms with E-state index in [4.69, 9.17) is 0 Å². The highest BCUT2D eigenvalue weighted by molar-refractivity contribution is 5.49. The normalized spacial score (nSPS) is 25.4. The first-order valence-corrected chi connectivity index (χ1v) is 11.5. The molecule has 2 aromatic rings. The van der Waals surface area contributed by atoms with E-state index < -0.39 is 11.9 Å². The molecule has 2 aliphatic heterocycles. The number of halogens is 3. The van der Waals surface area contributed by atoms with Crippen molar-refractivity contribution >= 4 is 5.69 Å². The van der Waals surface area contributed by atoms with Crippen LogP contribution in [0.3, 0.4) is 0 Å². The lowest BCUT2D eigenvalue weighted by molar-refractivity contribution is -0.141. The maximum absolute atomic E-state index is 12.8. The molecule has 0 aromatic carbocycles. The van der Waals surface area contributed by atoms with E-state index in [-0.39, 0.29) is 0 Å². The standard InChI is InChI=1S/C24H28F3N5/c25-24(26,27)20-4-3-19(13-29-20)32-14-22(15-32)10-18(11-22)21(17-2-1-7-28-12-17)31-9-8-30-23(16-31)5-6-23/h1-4,7,12-13,18,21,30H,5-6,8-11,14-16H2. The molecular weight excluding hydrogens is 415 g/mol. The van der Waals surface area contributed by atoms with E-state index in [9.17, 15) is 13.2 Å². The van der Waals surface area contributed by atoms with Crippen molar-refractivity contribution < 1.29 is 13.2 Å². The molecule has 2 spiro atoms. The van der Waals surface area contributed by atoms with E-state index >= 15 is 0 Å². The van der Waals surface area contributed by atoms with Crippen LogP contribution in [0.5, 0.6) is 0 Å². The number of hydrogen-bond donors (Lipinski definition) is 1. The lowest BCUT2D eigenvalue weighted by Crippen LogP contribution is -2.64. The molecule has 2 saturated heterocycles. The summed E-state index contributed by atoms with van der Waals surface area (Å²) >= 11 is 0. The Kier molecular flexibility index (Phi) is 4.56. The highest BCUT2D eigenvalue weighted by atomic mass is 19.4. The van der Waals surface area contributed by atoms with Crippen LogP contribution in [-0.4, -0.2) is 53.1 Å². The van der Waals surface area contributed by atoms with Crippen molar-refractivity contribution in [1.29, 1.82) is 0 Å². The fraction of sp³-hybridized carbons (Fsp3) is 0.583. The summed E-state index contributed by atoms with van der Waals surface area (Å²) in [5, 5.41) is 3.72. The maximum atomic E-state index is 12.8. The molecule has 1 unspecified atom stereocenters. The summed E-state index contributed by atoms with van der Waals surface area (Å²) in [5.74, 6) is 0.598. The smallest absolute Gasteiger partial charge is 0.369 e. The van der Waals surface area contributed by atoms with E-state index in [0.717, 1.165) is 57.3 Å². The van der Waals surface area contributed by atoms with Gasteiger partial charge in [-0.15, -0.1) is 0 Å². The predicted molar refractivity (Wildman–Crippen MR) is 115 cm³/mol. The molecule has 170 valence electrons. The number of piperazine rings is 1. The highest BCUT2D eigenvalue weighted by Crippen LogP contribution is 2.58. The van der Waals surface area contributed by atoms with Gasteiger partial charge in [0.25, 0.3) is 0 Å². The molecule has 4 aliphatic rings. The van der Waals surface area contributed by atoms with Gasteiger partial charge in [0.1, 0.15) is 5.69 Å². The molecular formula is C24H28F3N5. The summed E-state index contributed by atoms with van der Waals surface area (Å²) in [4.78, 5) is 12.9. The van der Waals surface area contributed by atoms with Gasteiger partial charge in [-0.05, 0) is 55.4 Å². The van der Waals surface area contributed by atoms with Crippen LogP contribution in [0.25, 0.3) is 0 Å². The van der Waals surface area contributed by atoms with Crippen molar-refractivity contribution in [3.05, 3.63) is 54.1 Å². The Balaban J connectivity index is 1.12. The molecule has 4 fully saturated rings. The lowest BCUT2D eigenvalue weighted by Gasteiger charge is -2.62. The van der Waals surface area contributed by atoms with Crippen molar-refractivity contribution in [1.82, 2.24) is 20.2 Å². The molecule has 2 aromatic heterocycles. The lowest BCUT2D eigenvalue weighted by atomic mass is 9.55. The average molecular weight is 444 g/mol.